The molecule has 0 spiro atoms. The maximum atomic E-state index is 13.2. The van der Waals surface area contributed by atoms with Crippen LogP contribution in [0.15, 0.2) is 24.3 Å². The van der Waals surface area contributed by atoms with Gasteiger partial charge in [-0.1, -0.05) is 19.1 Å². The summed E-state index contributed by atoms with van der Waals surface area (Å²) in [5.41, 5.74) is 1.81. The van der Waals surface area contributed by atoms with E-state index in [-0.39, 0.29) is 18.0 Å². The Morgan fingerprint density at radius 2 is 1.68 bits per heavy atom. The third-order valence-electron chi connectivity index (χ3n) is 5.75. The SMILES string of the molecule is CCNC(=O)NC1CCN(c2ccccc2C(=O)N2CCN(CC)CC2)CC1. The molecule has 7 nitrogen and oxygen atoms in total. The molecule has 2 saturated heterocycles. The highest BCUT2D eigenvalue weighted by molar-refractivity contribution is 6.00. The van der Waals surface area contributed by atoms with Crippen LogP contribution >= 0.6 is 0 Å². The van der Waals surface area contributed by atoms with Crippen LogP contribution in [0, 0.1) is 0 Å². The monoisotopic (exact) mass is 387 g/mol. The van der Waals surface area contributed by atoms with Crippen LogP contribution in [0.2, 0.25) is 0 Å². The van der Waals surface area contributed by atoms with Gasteiger partial charge in [-0.3, -0.25) is 4.79 Å². The number of para-hydroxylation sites is 1. The van der Waals surface area contributed by atoms with Gasteiger partial charge >= 0.3 is 6.03 Å². The lowest BCUT2D eigenvalue weighted by Crippen LogP contribution is -2.49. The number of piperidine rings is 1. The summed E-state index contributed by atoms with van der Waals surface area (Å²) in [6, 6.07) is 8.04. The van der Waals surface area contributed by atoms with Crippen molar-refractivity contribution in [3.63, 3.8) is 0 Å². The van der Waals surface area contributed by atoms with Crippen molar-refractivity contribution in [3.8, 4) is 0 Å². The summed E-state index contributed by atoms with van der Waals surface area (Å²) < 4.78 is 0. The minimum absolute atomic E-state index is 0.0947. The quantitative estimate of drug-likeness (QED) is 0.808. The summed E-state index contributed by atoms with van der Waals surface area (Å²) in [4.78, 5) is 31.5. The van der Waals surface area contributed by atoms with Crippen LogP contribution in [0.1, 0.15) is 37.0 Å². The number of carbonyl (C=O) groups excluding carboxylic acids is 2. The van der Waals surface area contributed by atoms with Crippen molar-refractivity contribution in [1.82, 2.24) is 20.4 Å². The average Bonchev–Trinajstić information content (AvgIpc) is 2.74. The molecule has 28 heavy (non-hydrogen) atoms. The maximum Gasteiger partial charge on any atom is 0.314 e. The van der Waals surface area contributed by atoms with E-state index in [9.17, 15) is 9.59 Å². The predicted octanol–water partition coefficient (Wildman–Crippen LogP) is 1.75. The molecule has 7 heteroatoms. The summed E-state index contributed by atoms with van der Waals surface area (Å²) in [6.45, 7) is 10.9. The van der Waals surface area contributed by atoms with Crippen molar-refractivity contribution >= 4 is 17.6 Å². The van der Waals surface area contributed by atoms with Gasteiger partial charge in [0, 0.05) is 57.5 Å². The molecule has 0 bridgehead atoms. The van der Waals surface area contributed by atoms with Gasteiger partial charge in [0.15, 0.2) is 0 Å². The Morgan fingerprint density at radius 3 is 2.32 bits per heavy atom. The average molecular weight is 388 g/mol. The number of rotatable bonds is 5. The second kappa shape index (κ2) is 9.78. The number of hydrogen-bond donors (Lipinski definition) is 2. The van der Waals surface area contributed by atoms with Crippen LogP contribution in [0.25, 0.3) is 0 Å². The summed E-state index contributed by atoms with van der Waals surface area (Å²) >= 11 is 0. The minimum atomic E-state index is -0.0947. The van der Waals surface area contributed by atoms with E-state index in [1.165, 1.54) is 0 Å². The zero-order chi connectivity index (χ0) is 19.9. The van der Waals surface area contributed by atoms with E-state index in [2.05, 4.69) is 27.4 Å². The summed E-state index contributed by atoms with van der Waals surface area (Å²) in [7, 11) is 0. The first-order valence-corrected chi connectivity index (χ1v) is 10.5. The molecule has 1 aromatic rings. The molecule has 3 amide bonds. The third kappa shape index (κ3) is 4.95. The maximum absolute atomic E-state index is 13.2. The molecule has 0 radical (unpaired) electrons. The molecular formula is C21H33N5O2. The first-order valence-electron chi connectivity index (χ1n) is 10.5. The van der Waals surface area contributed by atoms with Crippen LogP contribution in [0.4, 0.5) is 10.5 Å². The second-order valence-corrected chi connectivity index (χ2v) is 7.51. The molecule has 2 aliphatic heterocycles. The number of nitrogens with one attached hydrogen (secondary N) is 2. The van der Waals surface area contributed by atoms with E-state index in [0.29, 0.717) is 6.54 Å². The molecule has 0 atom stereocenters. The van der Waals surface area contributed by atoms with Crippen LogP contribution in [0.3, 0.4) is 0 Å². The fourth-order valence-electron chi connectivity index (χ4n) is 4.03. The van der Waals surface area contributed by atoms with Crippen LogP contribution in [0.5, 0.6) is 0 Å². The Balaban J connectivity index is 1.62. The third-order valence-corrected chi connectivity index (χ3v) is 5.75. The molecule has 2 fully saturated rings. The number of hydrogen-bond acceptors (Lipinski definition) is 4. The minimum Gasteiger partial charge on any atom is -0.371 e. The van der Waals surface area contributed by atoms with E-state index in [0.717, 1.165) is 69.9 Å². The first kappa shape index (κ1) is 20.5. The van der Waals surface area contributed by atoms with E-state index >= 15 is 0 Å². The largest absolute Gasteiger partial charge is 0.371 e. The van der Waals surface area contributed by atoms with Gasteiger partial charge in [-0.15, -0.1) is 0 Å². The Morgan fingerprint density at radius 1 is 1.00 bits per heavy atom. The van der Waals surface area contributed by atoms with Crippen molar-refractivity contribution in [2.24, 2.45) is 0 Å². The second-order valence-electron chi connectivity index (χ2n) is 7.51. The highest BCUT2D eigenvalue weighted by Gasteiger charge is 2.27. The number of carbonyl (C=O) groups is 2. The molecular weight excluding hydrogens is 354 g/mol. The van der Waals surface area contributed by atoms with Crippen LogP contribution in [-0.2, 0) is 0 Å². The van der Waals surface area contributed by atoms with E-state index in [1.54, 1.807) is 0 Å². The molecule has 2 aliphatic rings. The fraction of sp³-hybridized carbons (Fsp3) is 0.619. The molecule has 1 aromatic carbocycles. The number of piperazine rings is 1. The Labute approximate surface area is 168 Å². The Bertz CT molecular complexity index is 665. The molecule has 0 aromatic heterocycles. The number of anilines is 1. The first-order chi connectivity index (χ1) is 13.6. The van der Waals surface area contributed by atoms with Gasteiger partial charge in [-0.05, 0) is 38.4 Å². The molecule has 3 rings (SSSR count). The molecule has 154 valence electrons. The van der Waals surface area contributed by atoms with Crippen molar-refractivity contribution in [2.45, 2.75) is 32.7 Å². The lowest BCUT2D eigenvalue weighted by atomic mass is 10.0. The van der Waals surface area contributed by atoms with Crippen molar-refractivity contribution in [3.05, 3.63) is 29.8 Å². The molecule has 2 heterocycles. The number of nitrogens with zero attached hydrogens (tertiary/aromatic N) is 3. The molecule has 0 saturated carbocycles. The lowest BCUT2D eigenvalue weighted by Gasteiger charge is -2.37. The summed E-state index contributed by atoms with van der Waals surface area (Å²) in [5, 5.41) is 5.82. The van der Waals surface area contributed by atoms with Gasteiger partial charge in [0.05, 0.1) is 5.56 Å². The van der Waals surface area contributed by atoms with Gasteiger partial charge in [-0.25, -0.2) is 4.79 Å². The van der Waals surface area contributed by atoms with Crippen molar-refractivity contribution in [1.29, 1.82) is 0 Å². The van der Waals surface area contributed by atoms with Crippen molar-refractivity contribution < 1.29 is 9.59 Å². The van der Waals surface area contributed by atoms with Gasteiger partial charge in [0.1, 0.15) is 0 Å². The van der Waals surface area contributed by atoms with E-state index < -0.39 is 0 Å². The number of likely N-dealkylation sites (N-methyl/N-ethyl adjacent to an activating group) is 1. The smallest absolute Gasteiger partial charge is 0.314 e. The fourth-order valence-corrected chi connectivity index (χ4v) is 4.03. The summed E-state index contributed by atoms with van der Waals surface area (Å²) in [5.74, 6) is 0.133. The molecule has 0 aliphatic carbocycles. The summed E-state index contributed by atoms with van der Waals surface area (Å²) in [6.07, 6.45) is 1.77. The highest BCUT2D eigenvalue weighted by atomic mass is 16.2. The number of urea groups is 1. The van der Waals surface area contributed by atoms with Gasteiger partial charge in [-0.2, -0.15) is 0 Å². The highest BCUT2D eigenvalue weighted by Crippen LogP contribution is 2.26. The van der Waals surface area contributed by atoms with Crippen molar-refractivity contribution in [2.75, 3.05) is 57.3 Å². The van der Waals surface area contributed by atoms with E-state index in [4.69, 9.17) is 0 Å². The standard InChI is InChI=1S/C21H33N5O2/c1-3-22-21(28)23-17-9-11-25(12-10-17)19-8-6-5-7-18(19)20(27)26-15-13-24(4-2)14-16-26/h5-8,17H,3-4,9-16H2,1-2H3,(H2,22,23,28). The molecule has 2 N–H and O–H groups in total. The zero-order valence-electron chi connectivity index (χ0n) is 17.1. The van der Waals surface area contributed by atoms with E-state index in [1.807, 2.05) is 36.1 Å². The van der Waals surface area contributed by atoms with Crippen LogP contribution < -0.4 is 15.5 Å². The Hall–Kier alpha value is -2.28. The van der Waals surface area contributed by atoms with Gasteiger partial charge in [0.2, 0.25) is 0 Å². The normalized spacial score (nSPS) is 18.8. The Kier molecular flexibility index (Phi) is 7.14. The lowest BCUT2D eigenvalue weighted by molar-refractivity contribution is 0.0644. The van der Waals surface area contributed by atoms with Gasteiger partial charge < -0.3 is 25.3 Å². The number of benzene rings is 1. The zero-order valence-corrected chi connectivity index (χ0v) is 17.1. The van der Waals surface area contributed by atoms with Gasteiger partial charge in [0.25, 0.3) is 5.91 Å². The topological polar surface area (TPSA) is 67.9 Å². The van der Waals surface area contributed by atoms with Crippen LogP contribution in [-0.4, -0.2) is 80.1 Å². The predicted molar refractivity (Wildman–Crippen MR) is 112 cm³/mol. The molecule has 0 unspecified atom stereocenters. The number of amides is 3.